The Morgan fingerprint density at radius 1 is 1.65 bits per heavy atom. The highest BCUT2D eigenvalue weighted by Crippen LogP contribution is 2.16. The van der Waals surface area contributed by atoms with E-state index in [1.165, 1.54) is 0 Å². The van der Waals surface area contributed by atoms with Crippen molar-refractivity contribution >= 4 is 11.7 Å². The van der Waals surface area contributed by atoms with Gasteiger partial charge in [0.2, 0.25) is 0 Å². The Kier molecular flexibility index (Phi) is 3.58. The van der Waals surface area contributed by atoms with E-state index in [1.807, 2.05) is 4.90 Å². The minimum Gasteiger partial charge on any atom is -0.380 e. The lowest BCUT2D eigenvalue weighted by molar-refractivity contribution is 0.0724. The number of anilines is 1. The van der Waals surface area contributed by atoms with Crippen LogP contribution in [-0.4, -0.2) is 49.1 Å². The number of rotatable bonds is 3. The van der Waals surface area contributed by atoms with Crippen LogP contribution in [0.15, 0.2) is 18.3 Å². The number of ether oxygens (including phenoxy) is 1. The summed E-state index contributed by atoms with van der Waals surface area (Å²) in [6, 6.07) is 3.51. The lowest BCUT2D eigenvalue weighted by Gasteiger charge is -2.16. The largest absolute Gasteiger partial charge is 0.380 e. The van der Waals surface area contributed by atoms with Gasteiger partial charge in [-0.05, 0) is 18.6 Å². The number of nitrogens with zero attached hydrogens (tertiary/aromatic N) is 2. The molecule has 0 spiro atoms. The summed E-state index contributed by atoms with van der Waals surface area (Å²) in [5.41, 5.74) is 0.668. The summed E-state index contributed by atoms with van der Waals surface area (Å²) in [7, 11) is 3.47. The summed E-state index contributed by atoms with van der Waals surface area (Å²) in [6.07, 6.45) is 2.72. The van der Waals surface area contributed by atoms with Crippen LogP contribution in [0.5, 0.6) is 0 Å². The van der Waals surface area contributed by atoms with Crippen molar-refractivity contribution < 1.29 is 9.53 Å². The third-order valence-electron chi connectivity index (χ3n) is 3.03. The molecule has 1 amide bonds. The number of amides is 1. The molecule has 5 nitrogen and oxygen atoms in total. The number of nitrogens with one attached hydrogen (secondary N) is 1. The molecule has 0 aromatic carbocycles. The van der Waals surface area contributed by atoms with E-state index in [-0.39, 0.29) is 12.0 Å². The number of aromatic nitrogens is 1. The molecule has 1 unspecified atom stereocenters. The van der Waals surface area contributed by atoms with E-state index in [1.54, 1.807) is 32.5 Å². The topological polar surface area (TPSA) is 54.5 Å². The number of likely N-dealkylation sites (tertiary alicyclic amines) is 1. The first-order valence-corrected chi connectivity index (χ1v) is 5.70. The van der Waals surface area contributed by atoms with Gasteiger partial charge in [0, 0.05) is 39.0 Å². The van der Waals surface area contributed by atoms with Crippen LogP contribution in [0.25, 0.3) is 0 Å². The summed E-state index contributed by atoms with van der Waals surface area (Å²) >= 11 is 0. The molecule has 1 atom stereocenters. The van der Waals surface area contributed by atoms with Crippen molar-refractivity contribution in [1.82, 2.24) is 9.88 Å². The molecule has 0 aliphatic carbocycles. The zero-order valence-corrected chi connectivity index (χ0v) is 10.1. The van der Waals surface area contributed by atoms with Gasteiger partial charge in [0.1, 0.15) is 5.82 Å². The van der Waals surface area contributed by atoms with Crippen molar-refractivity contribution in [1.29, 1.82) is 0 Å². The van der Waals surface area contributed by atoms with Crippen molar-refractivity contribution in [3.63, 3.8) is 0 Å². The van der Waals surface area contributed by atoms with Crippen molar-refractivity contribution in [3.8, 4) is 0 Å². The standard InChI is InChI=1S/C12H17N3O2/c1-13-11-7-9(3-5-14-11)12(16)15-6-4-10(8-15)17-2/h3,5,7,10H,4,6,8H2,1-2H3,(H,13,14). The molecule has 1 aromatic heterocycles. The van der Waals surface area contributed by atoms with Crippen LogP contribution in [0.3, 0.4) is 0 Å². The molecule has 2 rings (SSSR count). The van der Waals surface area contributed by atoms with Gasteiger partial charge in [0.15, 0.2) is 0 Å². The molecule has 0 radical (unpaired) electrons. The van der Waals surface area contributed by atoms with Crippen molar-refractivity contribution in [3.05, 3.63) is 23.9 Å². The molecule has 1 aliphatic heterocycles. The van der Waals surface area contributed by atoms with Gasteiger partial charge in [-0.25, -0.2) is 4.98 Å². The zero-order chi connectivity index (χ0) is 12.3. The molecule has 1 fully saturated rings. The van der Waals surface area contributed by atoms with Crippen LogP contribution in [-0.2, 0) is 4.74 Å². The maximum absolute atomic E-state index is 12.2. The van der Waals surface area contributed by atoms with Gasteiger partial charge in [0.05, 0.1) is 6.10 Å². The predicted molar refractivity (Wildman–Crippen MR) is 65.1 cm³/mol. The second-order valence-corrected chi connectivity index (χ2v) is 4.08. The fourth-order valence-electron chi connectivity index (χ4n) is 1.99. The average Bonchev–Trinajstić information content (AvgIpc) is 2.86. The minimum absolute atomic E-state index is 0.0449. The predicted octanol–water partition coefficient (Wildman–Crippen LogP) is 0.984. The van der Waals surface area contributed by atoms with Gasteiger partial charge in [-0.1, -0.05) is 0 Å². The number of carbonyl (C=O) groups excluding carboxylic acids is 1. The van der Waals surface area contributed by atoms with Crippen LogP contribution in [0.1, 0.15) is 16.8 Å². The van der Waals surface area contributed by atoms with Crippen LogP contribution in [0, 0.1) is 0 Å². The molecule has 17 heavy (non-hydrogen) atoms. The molecule has 1 aliphatic rings. The lowest BCUT2D eigenvalue weighted by Crippen LogP contribution is -2.30. The van der Waals surface area contributed by atoms with Gasteiger partial charge >= 0.3 is 0 Å². The summed E-state index contributed by atoms with van der Waals surface area (Å²) < 4.78 is 5.25. The molecule has 1 aromatic rings. The highest BCUT2D eigenvalue weighted by molar-refractivity contribution is 5.95. The van der Waals surface area contributed by atoms with Gasteiger partial charge in [-0.3, -0.25) is 4.79 Å². The Balaban J connectivity index is 2.09. The number of hydrogen-bond donors (Lipinski definition) is 1. The summed E-state index contributed by atoms with van der Waals surface area (Å²) in [6.45, 7) is 1.43. The molecule has 2 heterocycles. The molecule has 0 bridgehead atoms. The minimum atomic E-state index is 0.0449. The Hall–Kier alpha value is -1.62. The van der Waals surface area contributed by atoms with E-state index in [9.17, 15) is 4.79 Å². The quantitative estimate of drug-likeness (QED) is 0.848. The highest BCUT2D eigenvalue weighted by Gasteiger charge is 2.26. The van der Waals surface area contributed by atoms with Gasteiger partial charge in [-0.2, -0.15) is 0 Å². The normalized spacial score (nSPS) is 19.4. The average molecular weight is 235 g/mol. The third-order valence-corrected chi connectivity index (χ3v) is 3.03. The number of methoxy groups -OCH3 is 1. The van der Waals surface area contributed by atoms with Crippen molar-refractivity contribution in [2.75, 3.05) is 32.6 Å². The smallest absolute Gasteiger partial charge is 0.254 e. The van der Waals surface area contributed by atoms with Crippen LogP contribution in [0.4, 0.5) is 5.82 Å². The summed E-state index contributed by atoms with van der Waals surface area (Å²) in [5.74, 6) is 0.752. The van der Waals surface area contributed by atoms with E-state index in [4.69, 9.17) is 4.74 Å². The molecular weight excluding hydrogens is 218 g/mol. The molecule has 1 N–H and O–H groups in total. The van der Waals surface area contributed by atoms with Crippen molar-refractivity contribution in [2.24, 2.45) is 0 Å². The number of pyridine rings is 1. The second-order valence-electron chi connectivity index (χ2n) is 4.08. The van der Waals surface area contributed by atoms with Gasteiger partial charge in [-0.15, -0.1) is 0 Å². The van der Waals surface area contributed by atoms with Crippen LogP contribution >= 0.6 is 0 Å². The first kappa shape index (κ1) is 11.9. The lowest BCUT2D eigenvalue weighted by atomic mass is 10.2. The first-order valence-electron chi connectivity index (χ1n) is 5.70. The molecule has 1 saturated heterocycles. The van der Waals surface area contributed by atoms with Gasteiger partial charge in [0.25, 0.3) is 5.91 Å². The maximum atomic E-state index is 12.2. The van der Waals surface area contributed by atoms with Gasteiger partial charge < -0.3 is 15.0 Å². The Labute approximate surface area is 101 Å². The molecule has 0 saturated carbocycles. The summed E-state index contributed by atoms with van der Waals surface area (Å²) in [5, 5.41) is 2.93. The highest BCUT2D eigenvalue weighted by atomic mass is 16.5. The maximum Gasteiger partial charge on any atom is 0.254 e. The van der Waals surface area contributed by atoms with Crippen molar-refractivity contribution in [2.45, 2.75) is 12.5 Å². The van der Waals surface area contributed by atoms with E-state index in [2.05, 4.69) is 10.3 Å². The fourth-order valence-corrected chi connectivity index (χ4v) is 1.99. The third kappa shape index (κ3) is 2.55. The first-order chi connectivity index (χ1) is 8.24. The van der Waals surface area contributed by atoms with E-state index >= 15 is 0 Å². The SMILES string of the molecule is CNc1cc(C(=O)N2CCC(OC)C2)ccn1. The zero-order valence-electron chi connectivity index (χ0n) is 10.1. The Morgan fingerprint density at radius 2 is 2.47 bits per heavy atom. The molecule has 92 valence electrons. The van der Waals surface area contributed by atoms with Crippen LogP contribution < -0.4 is 5.32 Å². The fraction of sp³-hybridized carbons (Fsp3) is 0.500. The second kappa shape index (κ2) is 5.14. The van der Waals surface area contributed by atoms with E-state index in [0.717, 1.165) is 13.0 Å². The van der Waals surface area contributed by atoms with E-state index < -0.39 is 0 Å². The molecule has 5 heteroatoms. The van der Waals surface area contributed by atoms with Crippen LogP contribution in [0.2, 0.25) is 0 Å². The molecular formula is C12H17N3O2. The monoisotopic (exact) mass is 235 g/mol. The number of hydrogen-bond acceptors (Lipinski definition) is 4. The Morgan fingerprint density at radius 3 is 3.12 bits per heavy atom. The Bertz CT molecular complexity index is 408. The number of carbonyl (C=O) groups is 1. The van der Waals surface area contributed by atoms with E-state index in [0.29, 0.717) is 17.9 Å². The summed E-state index contributed by atoms with van der Waals surface area (Å²) in [4.78, 5) is 18.1.